The quantitative estimate of drug-likeness (QED) is 0.765. The van der Waals surface area contributed by atoms with Crippen molar-refractivity contribution in [2.75, 3.05) is 31.1 Å². The van der Waals surface area contributed by atoms with Crippen molar-refractivity contribution in [3.05, 3.63) is 0 Å². The van der Waals surface area contributed by atoms with Crippen LogP contribution in [-0.4, -0.2) is 58.2 Å². The number of carbonyl (C=O) groups is 1. The fourth-order valence-corrected chi connectivity index (χ4v) is 4.96. The summed E-state index contributed by atoms with van der Waals surface area (Å²) < 4.78 is 1.86. The molecule has 1 aromatic heterocycles. The van der Waals surface area contributed by atoms with Gasteiger partial charge in [-0.3, -0.25) is 4.79 Å². The van der Waals surface area contributed by atoms with E-state index in [4.69, 9.17) is 0 Å². The third-order valence-electron chi connectivity index (χ3n) is 3.38. The summed E-state index contributed by atoms with van der Waals surface area (Å²) in [6.07, 6.45) is 2.11. The zero-order valence-corrected chi connectivity index (χ0v) is 15.0. The molecule has 118 valence electrons. The molecule has 1 N–H and O–H groups in total. The summed E-state index contributed by atoms with van der Waals surface area (Å²) in [4.78, 5) is 14.4. The van der Waals surface area contributed by atoms with Gasteiger partial charge in [0.1, 0.15) is 0 Å². The SMILES string of the molecule is CCSc1nnc(SCC(=O)NC2CCN(CC)CC2)s1. The van der Waals surface area contributed by atoms with Crippen LogP contribution in [0.5, 0.6) is 0 Å². The van der Waals surface area contributed by atoms with E-state index in [1.54, 1.807) is 23.1 Å². The second kappa shape index (κ2) is 8.97. The average Bonchev–Trinajstić information content (AvgIpc) is 2.94. The van der Waals surface area contributed by atoms with Gasteiger partial charge < -0.3 is 10.2 Å². The van der Waals surface area contributed by atoms with Crippen LogP contribution < -0.4 is 5.32 Å². The van der Waals surface area contributed by atoms with Gasteiger partial charge in [-0.1, -0.05) is 48.7 Å². The van der Waals surface area contributed by atoms with E-state index >= 15 is 0 Å². The van der Waals surface area contributed by atoms with E-state index in [0.717, 1.165) is 46.9 Å². The highest BCUT2D eigenvalue weighted by atomic mass is 32.2. The van der Waals surface area contributed by atoms with Gasteiger partial charge in [-0.15, -0.1) is 10.2 Å². The lowest BCUT2D eigenvalue weighted by molar-refractivity contribution is -0.119. The summed E-state index contributed by atoms with van der Waals surface area (Å²) >= 11 is 4.73. The Morgan fingerprint density at radius 2 is 1.95 bits per heavy atom. The molecule has 5 nitrogen and oxygen atoms in total. The second-order valence-electron chi connectivity index (χ2n) is 4.83. The topological polar surface area (TPSA) is 58.1 Å². The van der Waals surface area contributed by atoms with Crippen LogP contribution in [0.4, 0.5) is 0 Å². The zero-order valence-electron chi connectivity index (χ0n) is 12.5. The van der Waals surface area contributed by atoms with Crippen LogP contribution in [0.2, 0.25) is 0 Å². The van der Waals surface area contributed by atoms with Gasteiger partial charge >= 0.3 is 0 Å². The molecule has 0 spiro atoms. The molecular formula is C13H22N4OS3. The largest absolute Gasteiger partial charge is 0.353 e. The molecular weight excluding hydrogens is 324 g/mol. The monoisotopic (exact) mass is 346 g/mol. The number of nitrogens with one attached hydrogen (secondary N) is 1. The summed E-state index contributed by atoms with van der Waals surface area (Å²) in [5.74, 6) is 1.53. The number of nitrogens with zero attached hydrogens (tertiary/aromatic N) is 3. The summed E-state index contributed by atoms with van der Waals surface area (Å²) in [6, 6.07) is 0.335. The maximum atomic E-state index is 12.0. The maximum absolute atomic E-state index is 12.0. The second-order valence-corrected chi connectivity index (χ2v) is 8.54. The van der Waals surface area contributed by atoms with Gasteiger partial charge in [-0.2, -0.15) is 0 Å². The van der Waals surface area contributed by atoms with Crippen LogP contribution in [0.3, 0.4) is 0 Å². The standard InChI is InChI=1S/C13H22N4OS3/c1-3-17-7-5-10(6-8-17)14-11(18)9-20-13-16-15-12(21-13)19-4-2/h10H,3-9H2,1-2H3,(H,14,18). The summed E-state index contributed by atoms with van der Waals surface area (Å²) in [5, 5.41) is 11.3. The molecule has 1 aromatic rings. The van der Waals surface area contributed by atoms with E-state index in [0.29, 0.717) is 11.8 Å². The highest BCUT2D eigenvalue weighted by Gasteiger charge is 2.19. The highest BCUT2D eigenvalue weighted by molar-refractivity contribution is 8.03. The molecule has 0 unspecified atom stereocenters. The number of thioether (sulfide) groups is 2. The lowest BCUT2D eigenvalue weighted by atomic mass is 10.1. The normalized spacial score (nSPS) is 17.0. The first-order valence-corrected chi connectivity index (χ1v) is 10.1. The van der Waals surface area contributed by atoms with E-state index in [1.165, 1.54) is 11.8 Å². The lowest BCUT2D eigenvalue weighted by Gasteiger charge is -2.31. The van der Waals surface area contributed by atoms with E-state index in [1.807, 2.05) is 0 Å². The molecule has 1 aliphatic rings. The first-order chi connectivity index (χ1) is 10.2. The molecule has 21 heavy (non-hydrogen) atoms. The number of hydrogen-bond donors (Lipinski definition) is 1. The smallest absolute Gasteiger partial charge is 0.230 e. The van der Waals surface area contributed by atoms with Crippen LogP contribution >= 0.6 is 34.9 Å². The first kappa shape index (κ1) is 17.1. The molecule has 1 amide bonds. The van der Waals surface area contributed by atoms with Crippen molar-refractivity contribution in [1.29, 1.82) is 0 Å². The Labute approximate surface area is 138 Å². The Balaban J connectivity index is 1.67. The molecule has 8 heteroatoms. The fraction of sp³-hybridized carbons (Fsp3) is 0.769. The van der Waals surface area contributed by atoms with Crippen molar-refractivity contribution in [2.24, 2.45) is 0 Å². The van der Waals surface area contributed by atoms with Gasteiger partial charge in [0, 0.05) is 19.1 Å². The number of hydrogen-bond acceptors (Lipinski definition) is 7. The Hall–Kier alpha value is -0.310. The number of aromatic nitrogens is 2. The Kier molecular flexibility index (Phi) is 7.28. The van der Waals surface area contributed by atoms with Crippen LogP contribution in [-0.2, 0) is 4.79 Å². The number of rotatable bonds is 7. The van der Waals surface area contributed by atoms with Crippen molar-refractivity contribution in [2.45, 2.75) is 41.4 Å². The fourth-order valence-electron chi connectivity index (χ4n) is 2.23. The van der Waals surface area contributed by atoms with Crippen molar-refractivity contribution in [1.82, 2.24) is 20.4 Å². The van der Waals surface area contributed by atoms with Gasteiger partial charge in [0.25, 0.3) is 0 Å². The van der Waals surface area contributed by atoms with Crippen LogP contribution in [0, 0.1) is 0 Å². The minimum Gasteiger partial charge on any atom is -0.353 e. The molecule has 0 radical (unpaired) electrons. The van der Waals surface area contributed by atoms with Crippen molar-refractivity contribution >= 4 is 40.8 Å². The van der Waals surface area contributed by atoms with E-state index in [9.17, 15) is 4.79 Å². The molecule has 0 aliphatic carbocycles. The summed E-state index contributed by atoms with van der Waals surface area (Å²) in [7, 11) is 0. The van der Waals surface area contributed by atoms with Crippen molar-refractivity contribution in [3.63, 3.8) is 0 Å². The highest BCUT2D eigenvalue weighted by Crippen LogP contribution is 2.28. The van der Waals surface area contributed by atoms with Crippen LogP contribution in [0.1, 0.15) is 26.7 Å². The third kappa shape index (κ3) is 5.77. The summed E-state index contributed by atoms with van der Waals surface area (Å²) in [6.45, 7) is 7.55. The maximum Gasteiger partial charge on any atom is 0.230 e. The third-order valence-corrected chi connectivity index (χ3v) is 6.45. The van der Waals surface area contributed by atoms with Gasteiger partial charge in [0.2, 0.25) is 5.91 Å². The van der Waals surface area contributed by atoms with Gasteiger partial charge in [0.15, 0.2) is 8.68 Å². The molecule has 1 saturated heterocycles. The van der Waals surface area contributed by atoms with E-state index in [2.05, 4.69) is 34.3 Å². The number of piperidine rings is 1. The van der Waals surface area contributed by atoms with Crippen molar-refractivity contribution < 1.29 is 4.79 Å². The van der Waals surface area contributed by atoms with Crippen LogP contribution in [0.15, 0.2) is 8.68 Å². The van der Waals surface area contributed by atoms with Gasteiger partial charge in [-0.25, -0.2) is 0 Å². The summed E-state index contributed by atoms with van der Waals surface area (Å²) in [5.41, 5.74) is 0. The molecule has 1 fully saturated rings. The molecule has 0 atom stereocenters. The minimum atomic E-state index is 0.106. The molecule has 0 saturated carbocycles. The average molecular weight is 347 g/mol. The predicted octanol–water partition coefficient (Wildman–Crippen LogP) is 2.34. The Morgan fingerprint density at radius 3 is 2.57 bits per heavy atom. The van der Waals surface area contributed by atoms with E-state index in [-0.39, 0.29) is 5.91 Å². The van der Waals surface area contributed by atoms with Crippen molar-refractivity contribution in [3.8, 4) is 0 Å². The molecule has 0 aromatic carbocycles. The molecule has 2 rings (SSSR count). The zero-order chi connectivity index (χ0) is 15.1. The Bertz CT molecular complexity index is 446. The number of carbonyl (C=O) groups excluding carboxylic acids is 1. The predicted molar refractivity (Wildman–Crippen MR) is 90.3 cm³/mol. The van der Waals surface area contributed by atoms with Gasteiger partial charge in [-0.05, 0) is 25.1 Å². The molecule has 2 heterocycles. The Morgan fingerprint density at radius 1 is 1.29 bits per heavy atom. The van der Waals surface area contributed by atoms with Gasteiger partial charge in [0.05, 0.1) is 5.75 Å². The number of likely N-dealkylation sites (tertiary alicyclic amines) is 1. The molecule has 1 aliphatic heterocycles. The van der Waals surface area contributed by atoms with Crippen LogP contribution in [0.25, 0.3) is 0 Å². The van der Waals surface area contributed by atoms with E-state index < -0.39 is 0 Å². The number of amides is 1. The first-order valence-electron chi connectivity index (χ1n) is 7.32. The lowest BCUT2D eigenvalue weighted by Crippen LogP contribution is -2.45. The molecule has 0 bridgehead atoms. The minimum absolute atomic E-state index is 0.106.